The predicted molar refractivity (Wildman–Crippen MR) is 79.0 cm³/mol. The predicted octanol–water partition coefficient (Wildman–Crippen LogP) is 2.12. The van der Waals surface area contributed by atoms with E-state index in [4.69, 9.17) is 5.26 Å². The number of carbonyl (C=O) groups excluding carboxylic acids is 2. The number of allylic oxidation sites excluding steroid dienone is 1. The van der Waals surface area contributed by atoms with Crippen molar-refractivity contribution in [1.29, 1.82) is 5.26 Å². The first-order valence-electron chi connectivity index (χ1n) is 6.89. The average molecular weight is 283 g/mol. The zero-order valence-corrected chi connectivity index (χ0v) is 11.6. The van der Waals surface area contributed by atoms with E-state index < -0.39 is 0 Å². The smallest absolute Gasteiger partial charge is 0.243 e. The lowest BCUT2D eigenvalue weighted by Crippen LogP contribution is -2.20. The van der Waals surface area contributed by atoms with Crippen LogP contribution in [0, 0.1) is 17.2 Å². The second kappa shape index (κ2) is 7.25. The maximum atomic E-state index is 11.6. The summed E-state index contributed by atoms with van der Waals surface area (Å²) in [5.41, 5.74) is 1.51. The van der Waals surface area contributed by atoms with Gasteiger partial charge in [-0.25, -0.2) is 0 Å². The lowest BCUT2D eigenvalue weighted by atomic mass is 10.2. The third-order valence-corrected chi connectivity index (χ3v) is 3.06. The van der Waals surface area contributed by atoms with Crippen LogP contribution in [0.1, 0.15) is 24.8 Å². The maximum Gasteiger partial charge on any atom is 0.243 e. The van der Waals surface area contributed by atoms with Gasteiger partial charge in [-0.1, -0.05) is 18.2 Å². The first kappa shape index (κ1) is 14.8. The second-order valence-electron chi connectivity index (χ2n) is 5.00. The van der Waals surface area contributed by atoms with Crippen molar-refractivity contribution in [2.75, 3.05) is 5.32 Å². The fourth-order valence-electron chi connectivity index (χ4n) is 1.80. The summed E-state index contributed by atoms with van der Waals surface area (Å²) in [6.45, 7) is 0.399. The molecule has 5 heteroatoms. The van der Waals surface area contributed by atoms with Crippen LogP contribution in [-0.4, -0.2) is 11.8 Å². The zero-order valence-electron chi connectivity index (χ0n) is 11.6. The number of nitrogens with one attached hydrogen (secondary N) is 2. The van der Waals surface area contributed by atoms with Gasteiger partial charge in [-0.2, -0.15) is 5.26 Å². The van der Waals surface area contributed by atoms with Crippen molar-refractivity contribution in [2.24, 2.45) is 5.92 Å². The Balaban J connectivity index is 1.84. The monoisotopic (exact) mass is 283 g/mol. The molecule has 1 aromatic carbocycles. The van der Waals surface area contributed by atoms with Gasteiger partial charge >= 0.3 is 0 Å². The van der Waals surface area contributed by atoms with Crippen molar-refractivity contribution in [3.63, 3.8) is 0 Å². The van der Waals surface area contributed by atoms with E-state index in [9.17, 15) is 9.59 Å². The van der Waals surface area contributed by atoms with Crippen molar-refractivity contribution in [1.82, 2.24) is 5.32 Å². The minimum atomic E-state index is -0.342. The number of carbonyl (C=O) groups is 2. The molecule has 1 aliphatic carbocycles. The molecule has 1 fully saturated rings. The average Bonchev–Trinajstić information content (AvgIpc) is 3.28. The SMILES string of the molecule is N#CCC(=O)Nc1cccc(CNC(=O)/C=C/C2CC2)c1. The molecule has 5 nitrogen and oxygen atoms in total. The van der Waals surface area contributed by atoms with Gasteiger partial charge in [0.15, 0.2) is 0 Å². The van der Waals surface area contributed by atoms with Gasteiger partial charge in [0.2, 0.25) is 11.8 Å². The van der Waals surface area contributed by atoms with Crippen molar-refractivity contribution >= 4 is 17.5 Å². The molecule has 1 aromatic rings. The van der Waals surface area contributed by atoms with Gasteiger partial charge in [0.05, 0.1) is 6.07 Å². The van der Waals surface area contributed by atoms with E-state index in [0.717, 1.165) is 5.56 Å². The van der Waals surface area contributed by atoms with Gasteiger partial charge in [0, 0.05) is 12.2 Å². The Morgan fingerprint density at radius 2 is 2.19 bits per heavy atom. The standard InChI is InChI=1S/C16H17N3O2/c17-9-8-16(21)19-14-3-1-2-13(10-14)11-18-15(20)7-6-12-4-5-12/h1-3,6-7,10,12H,4-5,8,11H2,(H,18,20)(H,19,21)/b7-6+. The van der Waals surface area contributed by atoms with Crippen LogP contribution in [0.4, 0.5) is 5.69 Å². The molecule has 2 N–H and O–H groups in total. The fourth-order valence-corrected chi connectivity index (χ4v) is 1.80. The molecule has 2 rings (SSSR count). The van der Waals surface area contributed by atoms with Gasteiger partial charge in [-0.15, -0.1) is 0 Å². The van der Waals surface area contributed by atoms with E-state index in [0.29, 0.717) is 18.2 Å². The molecule has 1 aliphatic rings. The van der Waals surface area contributed by atoms with Gasteiger partial charge in [-0.05, 0) is 42.5 Å². The highest BCUT2D eigenvalue weighted by Gasteiger charge is 2.17. The third-order valence-electron chi connectivity index (χ3n) is 3.06. The number of nitrogens with zero attached hydrogens (tertiary/aromatic N) is 1. The van der Waals surface area contributed by atoms with Crippen molar-refractivity contribution < 1.29 is 9.59 Å². The van der Waals surface area contributed by atoms with Crippen LogP contribution in [0.25, 0.3) is 0 Å². The van der Waals surface area contributed by atoms with E-state index in [-0.39, 0.29) is 18.2 Å². The molecule has 2 amide bonds. The Morgan fingerprint density at radius 1 is 1.38 bits per heavy atom. The summed E-state index contributed by atoms with van der Waals surface area (Å²) in [4.78, 5) is 22.9. The Bertz CT molecular complexity index is 598. The molecule has 0 unspecified atom stereocenters. The van der Waals surface area contributed by atoms with Crippen LogP contribution in [0.3, 0.4) is 0 Å². The summed E-state index contributed by atoms with van der Waals surface area (Å²) in [6, 6.07) is 8.98. The summed E-state index contributed by atoms with van der Waals surface area (Å²) in [6.07, 6.45) is 5.69. The molecule has 0 heterocycles. The number of rotatable bonds is 6. The van der Waals surface area contributed by atoms with E-state index in [1.165, 1.54) is 12.8 Å². The largest absolute Gasteiger partial charge is 0.348 e. The Kier molecular flexibility index (Phi) is 5.10. The van der Waals surface area contributed by atoms with E-state index in [1.54, 1.807) is 30.3 Å². The normalized spacial score (nSPS) is 13.7. The molecule has 0 aliphatic heterocycles. The highest BCUT2D eigenvalue weighted by Crippen LogP contribution is 2.29. The number of amides is 2. The van der Waals surface area contributed by atoms with E-state index in [2.05, 4.69) is 10.6 Å². The second-order valence-corrected chi connectivity index (χ2v) is 5.00. The van der Waals surface area contributed by atoms with Crippen LogP contribution >= 0.6 is 0 Å². The topological polar surface area (TPSA) is 82.0 Å². The molecule has 0 aromatic heterocycles. The molecular weight excluding hydrogens is 266 g/mol. The van der Waals surface area contributed by atoms with Crippen molar-refractivity contribution in [3.8, 4) is 6.07 Å². The van der Waals surface area contributed by atoms with Crippen LogP contribution < -0.4 is 10.6 Å². The minimum absolute atomic E-state index is 0.110. The third kappa shape index (κ3) is 5.49. The summed E-state index contributed by atoms with van der Waals surface area (Å²) in [7, 11) is 0. The fraction of sp³-hybridized carbons (Fsp3) is 0.312. The Hall–Kier alpha value is -2.61. The molecule has 0 spiro atoms. The maximum absolute atomic E-state index is 11.6. The number of nitriles is 1. The van der Waals surface area contributed by atoms with Crippen LogP contribution in [0.5, 0.6) is 0 Å². The van der Waals surface area contributed by atoms with Gasteiger partial charge in [-0.3, -0.25) is 9.59 Å². The van der Waals surface area contributed by atoms with E-state index >= 15 is 0 Å². The molecule has 0 saturated heterocycles. The Morgan fingerprint density at radius 3 is 2.90 bits per heavy atom. The molecule has 1 saturated carbocycles. The van der Waals surface area contributed by atoms with Crippen LogP contribution in [0.15, 0.2) is 36.4 Å². The number of hydrogen-bond acceptors (Lipinski definition) is 3. The summed E-state index contributed by atoms with van der Waals surface area (Å²) >= 11 is 0. The van der Waals surface area contributed by atoms with Gasteiger partial charge in [0.25, 0.3) is 0 Å². The molecule has 0 atom stereocenters. The first-order chi connectivity index (χ1) is 10.2. The number of anilines is 1. The highest BCUT2D eigenvalue weighted by atomic mass is 16.2. The number of hydrogen-bond donors (Lipinski definition) is 2. The molecule has 21 heavy (non-hydrogen) atoms. The molecule has 108 valence electrons. The molecule has 0 radical (unpaired) electrons. The quantitative estimate of drug-likeness (QED) is 0.784. The van der Waals surface area contributed by atoms with Crippen LogP contribution in [0.2, 0.25) is 0 Å². The number of benzene rings is 1. The lowest BCUT2D eigenvalue weighted by Gasteiger charge is -2.06. The summed E-state index contributed by atoms with van der Waals surface area (Å²) in [5.74, 6) is 0.126. The van der Waals surface area contributed by atoms with Gasteiger partial charge < -0.3 is 10.6 Å². The van der Waals surface area contributed by atoms with Crippen molar-refractivity contribution in [3.05, 3.63) is 42.0 Å². The minimum Gasteiger partial charge on any atom is -0.348 e. The molecular formula is C16H17N3O2. The van der Waals surface area contributed by atoms with Crippen LogP contribution in [-0.2, 0) is 16.1 Å². The van der Waals surface area contributed by atoms with E-state index in [1.807, 2.05) is 12.1 Å². The summed E-state index contributed by atoms with van der Waals surface area (Å²) < 4.78 is 0. The first-order valence-corrected chi connectivity index (χ1v) is 6.89. The van der Waals surface area contributed by atoms with Gasteiger partial charge in [0.1, 0.15) is 6.42 Å². The van der Waals surface area contributed by atoms with Crippen molar-refractivity contribution in [2.45, 2.75) is 25.8 Å². The summed E-state index contributed by atoms with van der Waals surface area (Å²) in [5, 5.41) is 13.9. The molecule has 0 bridgehead atoms. The highest BCUT2D eigenvalue weighted by molar-refractivity contribution is 5.92. The lowest BCUT2D eigenvalue weighted by molar-refractivity contribution is -0.117. The Labute approximate surface area is 123 Å². The zero-order chi connectivity index (χ0) is 15.1.